The molecule has 0 bridgehead atoms. The van der Waals surface area contributed by atoms with Crippen LogP contribution in [0.1, 0.15) is 32.0 Å². The molecule has 3 aromatic heterocycles. The molecule has 0 aliphatic rings. The maximum atomic E-state index is 13.7. The fraction of sp³-hybridized carbons (Fsp3) is 0.214. The lowest BCUT2D eigenvalue weighted by atomic mass is 9.92. The second kappa shape index (κ2) is 9.84. The summed E-state index contributed by atoms with van der Waals surface area (Å²) in [7, 11) is 1.62. The van der Waals surface area contributed by atoms with E-state index in [1.165, 1.54) is 23.4 Å². The number of nitrogens with two attached hydrogens (primary N) is 2. The fourth-order valence-corrected chi connectivity index (χ4v) is 4.49. The van der Waals surface area contributed by atoms with Gasteiger partial charge in [-0.3, -0.25) is 0 Å². The molecule has 0 radical (unpaired) electrons. The lowest BCUT2D eigenvalue weighted by Gasteiger charge is -2.22. The largest absolute Gasteiger partial charge is 0.382 e. The Labute approximate surface area is 224 Å². The number of hydrogen-bond acceptors (Lipinski definition) is 6. The molecule has 0 saturated carbocycles. The molecule has 2 aromatic carbocycles. The van der Waals surface area contributed by atoms with Crippen molar-refractivity contribution in [3.8, 4) is 16.8 Å². The molecule has 0 saturated heterocycles. The summed E-state index contributed by atoms with van der Waals surface area (Å²) >= 11 is 0. The van der Waals surface area contributed by atoms with Gasteiger partial charge in [0.15, 0.2) is 5.82 Å². The summed E-state index contributed by atoms with van der Waals surface area (Å²) in [6.45, 7) is 6.41. The van der Waals surface area contributed by atoms with E-state index >= 15 is 0 Å². The molecule has 5 rings (SSSR count). The monoisotopic (exact) mass is 528 g/mol. The van der Waals surface area contributed by atoms with E-state index in [0.717, 1.165) is 22.4 Å². The molecule has 5 aromatic rings. The number of hydrogen-bond donors (Lipinski definition) is 2. The molecular formula is C28H29FN8O2. The zero-order valence-electron chi connectivity index (χ0n) is 22.1. The number of rotatable bonds is 6. The predicted octanol–water partition coefficient (Wildman–Crippen LogP) is 4.96. The van der Waals surface area contributed by atoms with Crippen molar-refractivity contribution in [2.24, 2.45) is 5.73 Å². The highest BCUT2D eigenvalue weighted by Gasteiger charge is 2.27. The van der Waals surface area contributed by atoms with Gasteiger partial charge in [0.25, 0.3) is 0 Å². The molecule has 3 heterocycles. The Balaban J connectivity index is 1.63. The van der Waals surface area contributed by atoms with Gasteiger partial charge >= 0.3 is 6.03 Å². The predicted molar refractivity (Wildman–Crippen MR) is 147 cm³/mol. The minimum absolute atomic E-state index is 0.316. The molecule has 0 spiro atoms. The normalized spacial score (nSPS) is 11.7. The molecule has 2 amide bonds. The van der Waals surface area contributed by atoms with Gasteiger partial charge in [-0.15, -0.1) is 0 Å². The first-order valence-corrected chi connectivity index (χ1v) is 12.2. The molecule has 11 heteroatoms. The Morgan fingerprint density at radius 1 is 1.10 bits per heavy atom. The van der Waals surface area contributed by atoms with E-state index in [1.807, 2.05) is 45.2 Å². The summed E-state index contributed by atoms with van der Waals surface area (Å²) in [6, 6.07) is 14.3. The molecule has 0 aliphatic carbocycles. The number of methoxy groups -OCH3 is 1. The van der Waals surface area contributed by atoms with Crippen LogP contribution in [0.3, 0.4) is 0 Å². The van der Waals surface area contributed by atoms with Crippen LogP contribution in [0.5, 0.6) is 0 Å². The first-order chi connectivity index (χ1) is 18.6. The SMILES string of the molecule is COCc1cn2ncnc(N)c2c1-c1ccc(N(C(N)=O)c2cc(C(C)(C)C)nn2-c2ccc(F)cc2)cc1. The maximum absolute atomic E-state index is 13.7. The van der Waals surface area contributed by atoms with E-state index in [0.29, 0.717) is 35.1 Å². The molecule has 0 fully saturated rings. The Bertz CT molecular complexity index is 1650. The Morgan fingerprint density at radius 3 is 2.41 bits per heavy atom. The Morgan fingerprint density at radius 2 is 1.79 bits per heavy atom. The van der Waals surface area contributed by atoms with E-state index in [4.69, 9.17) is 21.3 Å². The van der Waals surface area contributed by atoms with Gasteiger partial charge < -0.3 is 16.2 Å². The van der Waals surface area contributed by atoms with E-state index in [1.54, 1.807) is 40.6 Å². The summed E-state index contributed by atoms with van der Waals surface area (Å²) in [4.78, 5) is 18.4. The zero-order chi connectivity index (χ0) is 27.9. The average molecular weight is 529 g/mol. The second-order valence-electron chi connectivity index (χ2n) is 10.1. The number of benzene rings is 2. The summed E-state index contributed by atoms with van der Waals surface area (Å²) in [5.41, 5.74) is 16.9. The molecule has 0 aliphatic heterocycles. The maximum Gasteiger partial charge on any atom is 0.325 e. The first kappa shape index (κ1) is 25.9. The molecular weight excluding hydrogens is 499 g/mol. The highest BCUT2D eigenvalue weighted by atomic mass is 19.1. The number of carbonyl (C=O) groups is 1. The van der Waals surface area contributed by atoms with E-state index in [-0.39, 0.29) is 11.2 Å². The van der Waals surface area contributed by atoms with Crippen LogP contribution in [0, 0.1) is 5.82 Å². The van der Waals surface area contributed by atoms with Crippen LogP contribution < -0.4 is 16.4 Å². The van der Waals surface area contributed by atoms with Crippen LogP contribution in [0.25, 0.3) is 22.3 Å². The molecule has 10 nitrogen and oxygen atoms in total. The number of nitrogen functional groups attached to an aromatic ring is 1. The van der Waals surface area contributed by atoms with Gasteiger partial charge in [0.05, 0.1) is 23.7 Å². The van der Waals surface area contributed by atoms with Crippen molar-refractivity contribution < 1.29 is 13.9 Å². The topological polar surface area (TPSA) is 130 Å². The van der Waals surface area contributed by atoms with E-state index < -0.39 is 6.03 Å². The number of ether oxygens (including phenoxy) is 1. The number of aromatic nitrogens is 5. The highest BCUT2D eigenvalue weighted by Crippen LogP contribution is 2.36. The van der Waals surface area contributed by atoms with Crippen LogP contribution in [0.4, 0.5) is 26.5 Å². The van der Waals surface area contributed by atoms with Crippen molar-refractivity contribution in [1.29, 1.82) is 0 Å². The van der Waals surface area contributed by atoms with Gasteiger partial charge in [-0.1, -0.05) is 32.9 Å². The fourth-order valence-electron chi connectivity index (χ4n) is 4.49. The zero-order valence-corrected chi connectivity index (χ0v) is 22.1. The first-order valence-electron chi connectivity index (χ1n) is 12.2. The third kappa shape index (κ3) is 4.79. The van der Waals surface area contributed by atoms with Crippen LogP contribution in [0.2, 0.25) is 0 Å². The van der Waals surface area contributed by atoms with Crippen molar-refractivity contribution in [1.82, 2.24) is 24.4 Å². The molecule has 0 unspecified atom stereocenters. The standard InChI is InChI=1S/C28H29FN8O2/c1-28(2,3)22-13-23(37(34-22)21-11-7-19(29)8-12-21)36(27(31)38)20-9-5-17(6-10-20)24-18(15-39-4)14-35-25(24)26(30)32-16-33-35/h5-14,16H,15H2,1-4H3,(H2,31,38)(H2,30,32,33). The second-order valence-corrected chi connectivity index (χ2v) is 10.1. The van der Waals surface area contributed by atoms with Gasteiger partial charge in [-0.25, -0.2) is 28.3 Å². The lowest BCUT2D eigenvalue weighted by Crippen LogP contribution is -2.33. The molecule has 200 valence electrons. The van der Waals surface area contributed by atoms with Crippen molar-refractivity contribution in [2.75, 3.05) is 17.7 Å². The summed E-state index contributed by atoms with van der Waals surface area (Å²) < 4.78 is 22.3. The number of carbonyl (C=O) groups excluding carboxylic acids is 1. The highest BCUT2D eigenvalue weighted by molar-refractivity contribution is 5.98. The van der Waals surface area contributed by atoms with Gasteiger partial charge in [0, 0.05) is 35.9 Å². The molecule has 4 N–H and O–H groups in total. The van der Waals surface area contributed by atoms with Crippen molar-refractivity contribution >= 4 is 28.9 Å². The van der Waals surface area contributed by atoms with Gasteiger partial charge in [-0.2, -0.15) is 10.2 Å². The number of fused-ring (bicyclic) bond motifs is 1. The minimum Gasteiger partial charge on any atom is -0.382 e. The quantitative estimate of drug-likeness (QED) is 0.320. The average Bonchev–Trinajstić information content (AvgIpc) is 3.48. The van der Waals surface area contributed by atoms with Crippen LogP contribution in [-0.4, -0.2) is 37.5 Å². The number of nitrogens with zero attached hydrogens (tertiary/aromatic N) is 6. The Hall–Kier alpha value is -4.77. The van der Waals surface area contributed by atoms with Gasteiger partial charge in [-0.05, 0) is 42.0 Å². The summed E-state index contributed by atoms with van der Waals surface area (Å²) in [6.07, 6.45) is 3.25. The van der Waals surface area contributed by atoms with Gasteiger partial charge in [0.1, 0.15) is 23.5 Å². The van der Waals surface area contributed by atoms with E-state index in [2.05, 4.69) is 10.1 Å². The van der Waals surface area contributed by atoms with Crippen LogP contribution in [0.15, 0.2) is 67.1 Å². The van der Waals surface area contributed by atoms with Crippen molar-refractivity contribution in [3.05, 3.63) is 84.2 Å². The van der Waals surface area contributed by atoms with Crippen LogP contribution >= 0.6 is 0 Å². The third-order valence-corrected chi connectivity index (χ3v) is 6.37. The molecule has 39 heavy (non-hydrogen) atoms. The van der Waals surface area contributed by atoms with Crippen molar-refractivity contribution in [2.45, 2.75) is 32.8 Å². The third-order valence-electron chi connectivity index (χ3n) is 6.37. The van der Waals surface area contributed by atoms with Crippen LogP contribution in [-0.2, 0) is 16.8 Å². The minimum atomic E-state index is -0.696. The number of urea groups is 1. The number of primary amides is 1. The summed E-state index contributed by atoms with van der Waals surface area (Å²) in [5, 5.41) is 9.02. The van der Waals surface area contributed by atoms with Gasteiger partial charge in [0.2, 0.25) is 0 Å². The van der Waals surface area contributed by atoms with E-state index in [9.17, 15) is 9.18 Å². The summed E-state index contributed by atoms with van der Waals surface area (Å²) in [5.74, 6) is 0.393. The smallest absolute Gasteiger partial charge is 0.325 e. The number of halogens is 1. The van der Waals surface area contributed by atoms with Crippen molar-refractivity contribution in [3.63, 3.8) is 0 Å². The Kier molecular flexibility index (Phi) is 6.52. The number of anilines is 3. The lowest BCUT2D eigenvalue weighted by molar-refractivity contribution is 0.185. The molecule has 0 atom stereocenters. The number of amides is 2.